The topological polar surface area (TPSA) is 66.4 Å². The molecule has 2 aliphatic rings. The Labute approximate surface area is 152 Å². The summed E-state index contributed by atoms with van der Waals surface area (Å²) in [7, 11) is 0. The Bertz CT molecular complexity index is 796. The van der Waals surface area contributed by atoms with Crippen molar-refractivity contribution in [1.82, 2.24) is 19.8 Å². The maximum Gasteiger partial charge on any atom is 0.255 e. The molecule has 2 saturated heterocycles. The van der Waals surface area contributed by atoms with Gasteiger partial charge in [0.15, 0.2) is 0 Å². The Morgan fingerprint density at radius 1 is 0.846 bits per heavy atom. The second kappa shape index (κ2) is 6.86. The molecule has 2 aromatic heterocycles. The number of rotatable bonds is 2. The summed E-state index contributed by atoms with van der Waals surface area (Å²) in [4.78, 5) is 37.4. The zero-order valence-electron chi connectivity index (χ0n) is 14.7. The van der Waals surface area contributed by atoms with Crippen LogP contribution in [0.25, 0.3) is 0 Å². The van der Waals surface area contributed by atoms with E-state index in [9.17, 15) is 9.59 Å². The Hall–Kier alpha value is -2.76. The third-order valence-corrected chi connectivity index (χ3v) is 5.51. The average Bonchev–Trinajstić information content (AvgIpc) is 3.11. The maximum atomic E-state index is 12.8. The summed E-state index contributed by atoms with van der Waals surface area (Å²) >= 11 is 0. The number of pyridine rings is 2. The van der Waals surface area contributed by atoms with Crippen LogP contribution in [0.15, 0.2) is 49.1 Å². The third kappa shape index (κ3) is 3.19. The van der Waals surface area contributed by atoms with Crippen molar-refractivity contribution in [1.29, 1.82) is 0 Å². The molecule has 0 bridgehead atoms. The average molecular weight is 350 g/mol. The molecule has 6 heteroatoms. The maximum absolute atomic E-state index is 12.8. The first-order chi connectivity index (χ1) is 12.7. The number of nitrogens with zero attached hydrogens (tertiary/aromatic N) is 4. The van der Waals surface area contributed by atoms with Crippen molar-refractivity contribution in [2.75, 3.05) is 26.2 Å². The van der Waals surface area contributed by atoms with Crippen molar-refractivity contribution >= 4 is 11.8 Å². The van der Waals surface area contributed by atoms with Gasteiger partial charge in [-0.25, -0.2) is 0 Å². The van der Waals surface area contributed by atoms with E-state index in [2.05, 4.69) is 9.97 Å². The highest BCUT2D eigenvalue weighted by Crippen LogP contribution is 2.39. The van der Waals surface area contributed by atoms with Crippen molar-refractivity contribution in [3.05, 3.63) is 60.2 Å². The second-order valence-corrected chi connectivity index (χ2v) is 7.28. The fourth-order valence-corrected chi connectivity index (χ4v) is 4.17. The first kappa shape index (κ1) is 16.7. The highest BCUT2D eigenvalue weighted by Gasteiger charge is 2.44. The van der Waals surface area contributed by atoms with Crippen LogP contribution in [-0.4, -0.2) is 57.8 Å². The first-order valence-electron chi connectivity index (χ1n) is 9.06. The van der Waals surface area contributed by atoms with Gasteiger partial charge in [0.2, 0.25) is 0 Å². The molecule has 4 heterocycles. The highest BCUT2D eigenvalue weighted by molar-refractivity contribution is 5.95. The van der Waals surface area contributed by atoms with Gasteiger partial charge >= 0.3 is 0 Å². The number of amides is 2. The van der Waals surface area contributed by atoms with Gasteiger partial charge in [-0.05, 0) is 43.5 Å². The van der Waals surface area contributed by atoms with Crippen LogP contribution < -0.4 is 0 Å². The van der Waals surface area contributed by atoms with E-state index in [0.29, 0.717) is 24.2 Å². The van der Waals surface area contributed by atoms with E-state index in [1.165, 1.54) is 0 Å². The van der Waals surface area contributed by atoms with Gasteiger partial charge in [0, 0.05) is 61.9 Å². The summed E-state index contributed by atoms with van der Waals surface area (Å²) in [6, 6.07) is 7.11. The molecule has 4 rings (SSSR count). The van der Waals surface area contributed by atoms with Crippen LogP contribution in [0.3, 0.4) is 0 Å². The molecule has 0 aliphatic carbocycles. The Balaban J connectivity index is 1.46. The molecule has 1 atom stereocenters. The van der Waals surface area contributed by atoms with Gasteiger partial charge in [0.05, 0.1) is 5.56 Å². The molecule has 1 spiro atoms. The summed E-state index contributed by atoms with van der Waals surface area (Å²) in [6.07, 6.45) is 9.57. The second-order valence-electron chi connectivity index (χ2n) is 7.28. The largest absolute Gasteiger partial charge is 0.338 e. The van der Waals surface area contributed by atoms with Crippen LogP contribution in [0, 0.1) is 5.41 Å². The number of hydrogen-bond donors (Lipinski definition) is 0. The van der Waals surface area contributed by atoms with E-state index in [4.69, 9.17) is 0 Å². The van der Waals surface area contributed by atoms with Crippen LogP contribution in [0.4, 0.5) is 0 Å². The quantitative estimate of drug-likeness (QED) is 0.833. The van der Waals surface area contributed by atoms with Crippen molar-refractivity contribution in [3.63, 3.8) is 0 Å². The van der Waals surface area contributed by atoms with Crippen molar-refractivity contribution in [2.45, 2.75) is 19.3 Å². The van der Waals surface area contributed by atoms with Crippen LogP contribution in [0.2, 0.25) is 0 Å². The zero-order chi connectivity index (χ0) is 18.0. The van der Waals surface area contributed by atoms with E-state index in [1.54, 1.807) is 43.0 Å². The monoisotopic (exact) mass is 350 g/mol. The van der Waals surface area contributed by atoms with Crippen LogP contribution in [0.1, 0.15) is 40.0 Å². The van der Waals surface area contributed by atoms with Crippen molar-refractivity contribution < 1.29 is 9.59 Å². The summed E-state index contributed by atoms with van der Waals surface area (Å²) in [5, 5.41) is 0. The Morgan fingerprint density at radius 3 is 2.31 bits per heavy atom. The SMILES string of the molecule is O=C(c1cccnc1)N1CCC[C@]2(CCN(C(=O)c3ccncc3)C2)C1. The number of aromatic nitrogens is 2. The van der Waals surface area contributed by atoms with Gasteiger partial charge in [-0.1, -0.05) is 0 Å². The zero-order valence-corrected chi connectivity index (χ0v) is 14.7. The van der Waals surface area contributed by atoms with Gasteiger partial charge in [0.25, 0.3) is 11.8 Å². The molecule has 0 aromatic carbocycles. The van der Waals surface area contributed by atoms with E-state index in [0.717, 1.165) is 32.4 Å². The number of carbonyl (C=O) groups excluding carboxylic acids is 2. The lowest BCUT2D eigenvalue weighted by Crippen LogP contribution is -2.47. The summed E-state index contributed by atoms with van der Waals surface area (Å²) in [5.74, 6) is 0.0936. The fourth-order valence-electron chi connectivity index (χ4n) is 4.17. The van der Waals surface area contributed by atoms with E-state index in [1.807, 2.05) is 15.9 Å². The smallest absolute Gasteiger partial charge is 0.255 e. The standard InChI is InChI=1S/C20H22N4O2/c25-18(16-4-9-21-10-5-16)24-12-7-20(15-24)6-2-11-23(14-20)19(26)17-3-1-8-22-13-17/h1,3-5,8-10,13H,2,6-7,11-12,14-15H2/t20-/m0/s1. The molecule has 0 radical (unpaired) electrons. The molecule has 0 N–H and O–H groups in total. The van der Waals surface area contributed by atoms with Crippen LogP contribution in [-0.2, 0) is 0 Å². The van der Waals surface area contributed by atoms with Gasteiger partial charge in [0.1, 0.15) is 0 Å². The van der Waals surface area contributed by atoms with Crippen molar-refractivity contribution in [3.8, 4) is 0 Å². The minimum Gasteiger partial charge on any atom is -0.338 e. The lowest BCUT2D eigenvalue weighted by molar-refractivity contribution is 0.0515. The molecule has 0 saturated carbocycles. The molecule has 2 amide bonds. The predicted octanol–water partition coefficient (Wildman–Crippen LogP) is 2.25. The minimum atomic E-state index is 0.0127. The molecule has 134 valence electrons. The lowest BCUT2D eigenvalue weighted by Gasteiger charge is -2.40. The number of likely N-dealkylation sites (tertiary alicyclic amines) is 2. The van der Waals surface area contributed by atoms with E-state index in [-0.39, 0.29) is 17.2 Å². The summed E-state index contributed by atoms with van der Waals surface area (Å²) in [6.45, 7) is 2.94. The third-order valence-electron chi connectivity index (χ3n) is 5.51. The number of carbonyl (C=O) groups is 2. The van der Waals surface area contributed by atoms with Crippen LogP contribution >= 0.6 is 0 Å². The Kier molecular flexibility index (Phi) is 4.41. The number of piperidine rings is 1. The van der Waals surface area contributed by atoms with Gasteiger partial charge in [-0.2, -0.15) is 0 Å². The summed E-state index contributed by atoms with van der Waals surface area (Å²) in [5.41, 5.74) is 1.32. The van der Waals surface area contributed by atoms with Crippen molar-refractivity contribution in [2.24, 2.45) is 5.41 Å². The molecule has 2 aromatic rings. The normalized spacial score (nSPS) is 22.6. The number of hydrogen-bond acceptors (Lipinski definition) is 4. The molecular weight excluding hydrogens is 328 g/mol. The highest BCUT2D eigenvalue weighted by atomic mass is 16.2. The van der Waals surface area contributed by atoms with Gasteiger partial charge < -0.3 is 9.80 Å². The molecular formula is C20H22N4O2. The Morgan fingerprint density at radius 2 is 1.58 bits per heavy atom. The predicted molar refractivity (Wildman–Crippen MR) is 96.6 cm³/mol. The van der Waals surface area contributed by atoms with Crippen LogP contribution in [0.5, 0.6) is 0 Å². The van der Waals surface area contributed by atoms with E-state index >= 15 is 0 Å². The molecule has 26 heavy (non-hydrogen) atoms. The first-order valence-corrected chi connectivity index (χ1v) is 9.06. The fraction of sp³-hybridized carbons (Fsp3) is 0.400. The molecule has 0 unspecified atom stereocenters. The summed E-state index contributed by atoms with van der Waals surface area (Å²) < 4.78 is 0. The minimum absolute atomic E-state index is 0.0127. The van der Waals surface area contributed by atoms with Gasteiger partial charge in [-0.15, -0.1) is 0 Å². The van der Waals surface area contributed by atoms with E-state index < -0.39 is 0 Å². The molecule has 6 nitrogen and oxygen atoms in total. The lowest BCUT2D eigenvalue weighted by atomic mass is 9.79. The molecule has 2 fully saturated rings. The van der Waals surface area contributed by atoms with Gasteiger partial charge in [-0.3, -0.25) is 19.6 Å². The molecule has 2 aliphatic heterocycles.